The molecule has 0 spiro atoms. The van der Waals surface area contributed by atoms with Gasteiger partial charge in [0.1, 0.15) is 5.75 Å². The summed E-state index contributed by atoms with van der Waals surface area (Å²) < 4.78 is 0. The minimum absolute atomic E-state index is 0.453. The molecular weight excluding hydrogens is 246 g/mol. The van der Waals surface area contributed by atoms with E-state index in [1.165, 1.54) is 36.8 Å². The fourth-order valence-corrected chi connectivity index (χ4v) is 3.62. The zero-order valence-corrected chi connectivity index (χ0v) is 12.7. The average Bonchev–Trinajstić information content (AvgIpc) is 2.61. The molecular formula is C18H25NO. The predicted octanol–water partition coefficient (Wildman–Crippen LogP) is 3.77. The Balaban J connectivity index is 2.04. The highest BCUT2D eigenvalue weighted by atomic mass is 16.3. The minimum atomic E-state index is 0.453. The SMILES string of the molecule is Cc1cc2c(cc1O)C(C1=CCCCC1)CN(C)CC2. The first-order valence-electron chi connectivity index (χ1n) is 7.85. The van der Waals surface area contributed by atoms with E-state index in [2.05, 4.69) is 24.1 Å². The number of benzene rings is 1. The van der Waals surface area contributed by atoms with Crippen LogP contribution in [0, 0.1) is 6.92 Å². The molecule has 1 heterocycles. The van der Waals surface area contributed by atoms with E-state index in [0.717, 1.165) is 25.1 Å². The van der Waals surface area contributed by atoms with E-state index in [1.54, 1.807) is 5.57 Å². The van der Waals surface area contributed by atoms with Gasteiger partial charge in [0.15, 0.2) is 0 Å². The lowest BCUT2D eigenvalue weighted by atomic mass is 9.82. The summed E-state index contributed by atoms with van der Waals surface area (Å²) in [6.07, 6.45) is 8.65. The summed E-state index contributed by atoms with van der Waals surface area (Å²) in [5.41, 5.74) is 5.39. The second kappa shape index (κ2) is 5.61. The van der Waals surface area contributed by atoms with Gasteiger partial charge in [0.25, 0.3) is 0 Å². The third-order valence-corrected chi connectivity index (χ3v) is 4.86. The molecule has 1 aliphatic carbocycles. The summed E-state index contributed by atoms with van der Waals surface area (Å²) in [5, 5.41) is 10.1. The summed E-state index contributed by atoms with van der Waals surface area (Å²) in [6, 6.07) is 4.23. The normalized spacial score (nSPS) is 23.9. The number of hydrogen-bond acceptors (Lipinski definition) is 2. The molecule has 1 aromatic carbocycles. The van der Waals surface area contributed by atoms with Crippen molar-refractivity contribution in [3.63, 3.8) is 0 Å². The summed E-state index contributed by atoms with van der Waals surface area (Å²) in [5.74, 6) is 0.930. The van der Waals surface area contributed by atoms with Gasteiger partial charge in [-0.25, -0.2) is 0 Å². The minimum Gasteiger partial charge on any atom is -0.508 e. The molecule has 20 heavy (non-hydrogen) atoms. The smallest absolute Gasteiger partial charge is 0.118 e. The van der Waals surface area contributed by atoms with Crippen LogP contribution in [0.2, 0.25) is 0 Å². The molecule has 0 amide bonds. The molecule has 1 N–H and O–H groups in total. The molecule has 0 saturated heterocycles. The van der Waals surface area contributed by atoms with Crippen molar-refractivity contribution in [2.24, 2.45) is 0 Å². The van der Waals surface area contributed by atoms with Crippen LogP contribution in [-0.4, -0.2) is 30.1 Å². The Morgan fingerprint density at radius 2 is 2.05 bits per heavy atom. The number of nitrogens with zero attached hydrogens (tertiary/aromatic N) is 1. The summed E-state index contributed by atoms with van der Waals surface area (Å²) >= 11 is 0. The van der Waals surface area contributed by atoms with Gasteiger partial charge in [0.2, 0.25) is 0 Å². The van der Waals surface area contributed by atoms with Crippen LogP contribution >= 0.6 is 0 Å². The van der Waals surface area contributed by atoms with Crippen molar-refractivity contribution in [2.75, 3.05) is 20.1 Å². The molecule has 2 nitrogen and oxygen atoms in total. The van der Waals surface area contributed by atoms with E-state index in [-0.39, 0.29) is 0 Å². The third kappa shape index (κ3) is 2.62. The van der Waals surface area contributed by atoms with E-state index < -0.39 is 0 Å². The van der Waals surface area contributed by atoms with Crippen molar-refractivity contribution in [2.45, 2.75) is 44.9 Å². The number of likely N-dealkylation sites (N-methyl/N-ethyl adjacent to an activating group) is 1. The molecule has 0 radical (unpaired) electrons. The van der Waals surface area contributed by atoms with Gasteiger partial charge in [-0.2, -0.15) is 0 Å². The maximum atomic E-state index is 10.1. The zero-order valence-electron chi connectivity index (χ0n) is 12.7. The van der Waals surface area contributed by atoms with Gasteiger partial charge in [-0.3, -0.25) is 0 Å². The number of rotatable bonds is 1. The van der Waals surface area contributed by atoms with Gasteiger partial charge in [0.05, 0.1) is 0 Å². The number of aromatic hydroxyl groups is 1. The van der Waals surface area contributed by atoms with Crippen molar-refractivity contribution in [1.29, 1.82) is 0 Å². The zero-order chi connectivity index (χ0) is 14.1. The molecule has 0 aromatic heterocycles. The molecule has 3 rings (SSSR count). The fourth-order valence-electron chi connectivity index (χ4n) is 3.62. The number of aryl methyl sites for hydroxylation is 1. The maximum Gasteiger partial charge on any atom is 0.118 e. The standard InChI is InChI=1S/C18H25NO/c1-13-10-15-8-9-19(2)12-17(16(15)11-18(13)20)14-6-4-3-5-7-14/h6,10-11,17,20H,3-5,7-9,12H2,1-2H3. The van der Waals surface area contributed by atoms with Crippen LogP contribution in [0.3, 0.4) is 0 Å². The monoisotopic (exact) mass is 271 g/mol. The Labute approximate surface area is 122 Å². The molecule has 1 aliphatic heterocycles. The summed E-state index contributed by atoms with van der Waals surface area (Å²) in [4.78, 5) is 2.44. The van der Waals surface area contributed by atoms with E-state index in [9.17, 15) is 5.11 Å². The van der Waals surface area contributed by atoms with Crippen LogP contribution in [0.15, 0.2) is 23.8 Å². The highest BCUT2D eigenvalue weighted by Gasteiger charge is 2.26. The lowest BCUT2D eigenvalue weighted by Crippen LogP contribution is -2.25. The van der Waals surface area contributed by atoms with E-state index >= 15 is 0 Å². The molecule has 1 atom stereocenters. The number of phenolic OH excluding ortho intramolecular Hbond substituents is 1. The van der Waals surface area contributed by atoms with Gasteiger partial charge < -0.3 is 10.0 Å². The van der Waals surface area contributed by atoms with Crippen LogP contribution < -0.4 is 0 Å². The van der Waals surface area contributed by atoms with Gasteiger partial charge >= 0.3 is 0 Å². The van der Waals surface area contributed by atoms with Crippen molar-refractivity contribution in [3.8, 4) is 5.75 Å². The highest BCUT2D eigenvalue weighted by molar-refractivity contribution is 5.46. The highest BCUT2D eigenvalue weighted by Crippen LogP contribution is 2.38. The Bertz CT molecular complexity index is 532. The Morgan fingerprint density at radius 3 is 2.80 bits per heavy atom. The van der Waals surface area contributed by atoms with Crippen molar-refractivity contribution < 1.29 is 5.11 Å². The Hall–Kier alpha value is -1.28. The quantitative estimate of drug-likeness (QED) is 0.786. The maximum absolute atomic E-state index is 10.1. The number of fused-ring (bicyclic) bond motifs is 1. The average molecular weight is 271 g/mol. The van der Waals surface area contributed by atoms with Crippen molar-refractivity contribution in [1.82, 2.24) is 4.90 Å². The van der Waals surface area contributed by atoms with Crippen molar-refractivity contribution in [3.05, 3.63) is 40.5 Å². The van der Waals surface area contributed by atoms with Crippen LogP contribution in [0.1, 0.15) is 48.3 Å². The largest absolute Gasteiger partial charge is 0.508 e. The number of allylic oxidation sites excluding steroid dienone is 1. The Kier molecular flexibility index (Phi) is 3.84. The first-order chi connectivity index (χ1) is 9.65. The van der Waals surface area contributed by atoms with Gasteiger partial charge in [-0.15, -0.1) is 0 Å². The Morgan fingerprint density at radius 1 is 1.20 bits per heavy atom. The van der Waals surface area contributed by atoms with Gasteiger partial charge in [0, 0.05) is 19.0 Å². The van der Waals surface area contributed by atoms with Gasteiger partial charge in [-0.05, 0) is 68.8 Å². The summed E-state index contributed by atoms with van der Waals surface area (Å²) in [6.45, 7) is 4.20. The fraction of sp³-hybridized carbons (Fsp3) is 0.556. The molecule has 1 unspecified atom stereocenters. The third-order valence-electron chi connectivity index (χ3n) is 4.86. The molecule has 0 saturated carbocycles. The second-order valence-corrected chi connectivity index (χ2v) is 6.43. The predicted molar refractivity (Wildman–Crippen MR) is 83.3 cm³/mol. The first kappa shape index (κ1) is 13.7. The molecule has 2 heteroatoms. The van der Waals surface area contributed by atoms with Crippen LogP contribution in [0.5, 0.6) is 5.75 Å². The summed E-state index contributed by atoms with van der Waals surface area (Å²) in [7, 11) is 2.22. The molecule has 0 fully saturated rings. The number of hydrogen-bond donors (Lipinski definition) is 1. The second-order valence-electron chi connectivity index (χ2n) is 6.43. The molecule has 0 bridgehead atoms. The van der Waals surface area contributed by atoms with E-state index in [1.807, 2.05) is 13.0 Å². The van der Waals surface area contributed by atoms with Gasteiger partial charge in [-0.1, -0.05) is 17.7 Å². The van der Waals surface area contributed by atoms with E-state index in [4.69, 9.17) is 0 Å². The first-order valence-corrected chi connectivity index (χ1v) is 7.85. The van der Waals surface area contributed by atoms with Crippen LogP contribution in [-0.2, 0) is 6.42 Å². The number of phenols is 1. The topological polar surface area (TPSA) is 23.5 Å². The van der Waals surface area contributed by atoms with Crippen LogP contribution in [0.4, 0.5) is 0 Å². The molecule has 108 valence electrons. The lowest BCUT2D eigenvalue weighted by molar-refractivity contribution is 0.333. The molecule has 1 aromatic rings. The lowest BCUT2D eigenvalue weighted by Gasteiger charge is -2.26. The molecule has 2 aliphatic rings. The van der Waals surface area contributed by atoms with Crippen molar-refractivity contribution >= 4 is 0 Å². The van der Waals surface area contributed by atoms with Crippen LogP contribution in [0.25, 0.3) is 0 Å². The van der Waals surface area contributed by atoms with E-state index in [0.29, 0.717) is 11.7 Å².